The van der Waals surface area contributed by atoms with Crippen LogP contribution in [0.3, 0.4) is 0 Å². The predicted molar refractivity (Wildman–Crippen MR) is 91.5 cm³/mol. The minimum Gasteiger partial charge on any atom is -0.433 e. The molecule has 2 N–H and O–H groups in total. The molecule has 0 heterocycles. The summed E-state index contributed by atoms with van der Waals surface area (Å²) in [5.74, 6) is -1.97. The second-order valence-corrected chi connectivity index (χ2v) is 6.98. The number of carbonyl (C=O) groups excluding carboxylic acids is 1. The molecule has 0 fully saturated rings. The summed E-state index contributed by atoms with van der Waals surface area (Å²) in [7, 11) is 0. The second kappa shape index (κ2) is 11.9. The zero-order valence-electron chi connectivity index (χ0n) is 15.7. The maximum absolute atomic E-state index is 11.4. The van der Waals surface area contributed by atoms with Gasteiger partial charge in [-0.25, -0.2) is 0 Å². The van der Waals surface area contributed by atoms with Crippen molar-refractivity contribution in [1.29, 1.82) is 0 Å². The molecule has 4 heteroatoms. The van der Waals surface area contributed by atoms with Crippen molar-refractivity contribution in [2.75, 3.05) is 6.61 Å². The van der Waals surface area contributed by atoms with Crippen molar-refractivity contribution < 1.29 is 19.7 Å². The number of unbranched alkanes of at least 4 members (excludes halogenated alkanes) is 3. The zero-order chi connectivity index (χ0) is 17.8. The monoisotopic (exact) mass is 318 g/mol. The maximum atomic E-state index is 11.4. The fourth-order valence-corrected chi connectivity index (χ4v) is 1.85. The van der Waals surface area contributed by atoms with E-state index in [1.165, 1.54) is 19.3 Å². The van der Waals surface area contributed by atoms with Crippen molar-refractivity contribution in [2.45, 2.75) is 92.8 Å². The molecule has 0 aromatic heterocycles. The highest BCUT2D eigenvalue weighted by Gasteiger charge is 2.42. The second-order valence-electron chi connectivity index (χ2n) is 6.98. The number of rotatable bonds is 9. The van der Waals surface area contributed by atoms with Crippen LogP contribution in [-0.4, -0.2) is 28.6 Å². The summed E-state index contributed by atoms with van der Waals surface area (Å²) in [6.45, 7) is 13.5. The van der Waals surface area contributed by atoms with Crippen LogP contribution in [0, 0.1) is 11.3 Å². The van der Waals surface area contributed by atoms with Crippen molar-refractivity contribution in [1.82, 2.24) is 0 Å². The van der Waals surface area contributed by atoms with Gasteiger partial charge in [-0.15, -0.1) is 0 Å². The summed E-state index contributed by atoms with van der Waals surface area (Å²) in [6.07, 6.45) is 6.44. The fraction of sp³-hybridized carbons (Fsp3) is 0.944. The summed E-state index contributed by atoms with van der Waals surface area (Å²) in [5.41, 5.74) is -0.424. The molecular weight excluding hydrogens is 280 g/mol. The molecule has 0 bridgehead atoms. The first kappa shape index (κ1) is 23.7. The molecule has 0 amide bonds. The molecule has 0 aliphatic heterocycles. The molecule has 0 radical (unpaired) electrons. The van der Waals surface area contributed by atoms with E-state index >= 15 is 0 Å². The number of hydrogen-bond acceptors (Lipinski definition) is 4. The van der Waals surface area contributed by atoms with Gasteiger partial charge >= 0.3 is 5.97 Å². The van der Waals surface area contributed by atoms with E-state index in [9.17, 15) is 9.90 Å². The van der Waals surface area contributed by atoms with E-state index in [-0.39, 0.29) is 11.9 Å². The molecule has 1 atom stereocenters. The Morgan fingerprint density at radius 2 is 1.59 bits per heavy atom. The Morgan fingerprint density at radius 3 is 1.95 bits per heavy atom. The summed E-state index contributed by atoms with van der Waals surface area (Å²) in [6, 6.07) is 0. The summed E-state index contributed by atoms with van der Waals surface area (Å²) in [5, 5.41) is 18.4. The van der Waals surface area contributed by atoms with Gasteiger partial charge in [0.05, 0.1) is 5.92 Å². The summed E-state index contributed by atoms with van der Waals surface area (Å²) < 4.78 is 5.13. The third-order valence-corrected chi connectivity index (χ3v) is 3.91. The van der Waals surface area contributed by atoms with Gasteiger partial charge in [0.2, 0.25) is 5.79 Å². The van der Waals surface area contributed by atoms with Gasteiger partial charge in [-0.05, 0) is 12.8 Å². The van der Waals surface area contributed by atoms with Crippen molar-refractivity contribution in [2.24, 2.45) is 11.3 Å². The first-order chi connectivity index (χ1) is 10.1. The van der Waals surface area contributed by atoms with E-state index in [0.717, 1.165) is 19.3 Å². The number of esters is 1. The highest BCUT2D eigenvalue weighted by molar-refractivity contribution is 5.71. The van der Waals surface area contributed by atoms with Gasteiger partial charge in [0, 0.05) is 18.9 Å². The van der Waals surface area contributed by atoms with Gasteiger partial charge in [0.1, 0.15) is 0 Å². The van der Waals surface area contributed by atoms with Gasteiger partial charge in [0.25, 0.3) is 0 Å². The lowest BCUT2D eigenvalue weighted by atomic mass is 9.80. The first-order valence-electron chi connectivity index (χ1n) is 8.61. The maximum Gasteiger partial charge on any atom is 0.310 e. The van der Waals surface area contributed by atoms with E-state index in [4.69, 9.17) is 9.84 Å². The van der Waals surface area contributed by atoms with Gasteiger partial charge in [-0.1, -0.05) is 67.2 Å². The minimum absolute atomic E-state index is 0.214. The lowest BCUT2D eigenvalue weighted by Crippen LogP contribution is -2.46. The molecule has 0 aliphatic carbocycles. The summed E-state index contributed by atoms with van der Waals surface area (Å²) >= 11 is 0. The van der Waals surface area contributed by atoms with Crippen LogP contribution in [0.5, 0.6) is 0 Å². The van der Waals surface area contributed by atoms with Gasteiger partial charge in [-0.3, -0.25) is 4.79 Å². The molecule has 22 heavy (non-hydrogen) atoms. The quantitative estimate of drug-likeness (QED) is 0.378. The molecule has 4 nitrogen and oxygen atoms in total. The number of aliphatic hydroxyl groups is 2. The van der Waals surface area contributed by atoms with Crippen LogP contribution in [0.1, 0.15) is 87.0 Å². The van der Waals surface area contributed by atoms with E-state index < -0.39 is 11.2 Å². The fourth-order valence-electron chi connectivity index (χ4n) is 1.85. The van der Waals surface area contributed by atoms with Crippen molar-refractivity contribution in [3.63, 3.8) is 0 Å². The Hall–Kier alpha value is -0.610. The topological polar surface area (TPSA) is 66.8 Å². The summed E-state index contributed by atoms with van der Waals surface area (Å²) in [4.78, 5) is 11.4. The van der Waals surface area contributed by atoms with Crippen LogP contribution < -0.4 is 0 Å². The molecule has 1 unspecified atom stereocenters. The third kappa shape index (κ3) is 10.2. The molecule has 0 saturated carbocycles. The lowest BCUT2D eigenvalue weighted by molar-refractivity contribution is -0.248. The van der Waals surface area contributed by atoms with Crippen LogP contribution in [0.2, 0.25) is 0 Å². The Labute approximate surface area is 137 Å². The molecule has 0 aromatic carbocycles. The van der Waals surface area contributed by atoms with Gasteiger partial charge in [-0.2, -0.15) is 0 Å². The first-order valence-corrected chi connectivity index (χ1v) is 8.61. The number of aliphatic hydroxyl groups excluding tert-OH is 1. The molecule has 0 rings (SSSR count). The van der Waals surface area contributed by atoms with Crippen molar-refractivity contribution in [3.8, 4) is 0 Å². The smallest absolute Gasteiger partial charge is 0.310 e. The highest BCUT2D eigenvalue weighted by Crippen LogP contribution is 2.36. The number of hydrogen-bond donors (Lipinski definition) is 2. The zero-order valence-corrected chi connectivity index (χ0v) is 15.7. The van der Waals surface area contributed by atoms with Crippen molar-refractivity contribution in [3.05, 3.63) is 0 Å². The Morgan fingerprint density at radius 1 is 1.05 bits per heavy atom. The van der Waals surface area contributed by atoms with Crippen LogP contribution in [0.15, 0.2) is 0 Å². The van der Waals surface area contributed by atoms with Crippen LogP contribution in [-0.2, 0) is 9.53 Å². The Bertz CT molecular complexity index is 279. The number of ether oxygens (including phenoxy) is 1. The normalized spacial score (nSPS) is 14.1. The lowest BCUT2D eigenvalue weighted by Gasteiger charge is -2.39. The molecule has 0 aliphatic rings. The SMILES string of the molecule is CCCC(C)(C)C(C)(O)OC(=O)C(C)C.CCCCCCO. The minimum atomic E-state index is -1.40. The Balaban J connectivity index is 0. The highest BCUT2D eigenvalue weighted by atomic mass is 16.7. The van der Waals surface area contributed by atoms with E-state index in [0.29, 0.717) is 6.61 Å². The standard InChI is InChI=1S/C12H24O3.C6H14O/c1-7-8-11(4,5)12(6,14)15-10(13)9(2)3;1-2-3-4-5-6-7/h9,14H,7-8H2,1-6H3;7H,2-6H2,1H3. The van der Waals surface area contributed by atoms with Crippen molar-refractivity contribution >= 4 is 5.97 Å². The average Bonchev–Trinajstić information content (AvgIpc) is 2.39. The van der Waals surface area contributed by atoms with Gasteiger partial charge in [0.15, 0.2) is 0 Å². The third-order valence-electron chi connectivity index (χ3n) is 3.91. The molecule has 0 spiro atoms. The van der Waals surface area contributed by atoms with E-state index in [1.807, 2.05) is 20.8 Å². The largest absolute Gasteiger partial charge is 0.433 e. The molecule has 0 saturated heterocycles. The van der Waals surface area contributed by atoms with Crippen LogP contribution in [0.4, 0.5) is 0 Å². The predicted octanol–water partition coefficient (Wildman–Crippen LogP) is 4.28. The van der Waals surface area contributed by atoms with E-state index in [1.54, 1.807) is 20.8 Å². The molecule has 134 valence electrons. The Kier molecular flexibility index (Phi) is 12.8. The molecule has 0 aromatic rings. The van der Waals surface area contributed by atoms with Gasteiger partial charge < -0.3 is 14.9 Å². The van der Waals surface area contributed by atoms with Crippen LogP contribution >= 0.6 is 0 Å². The average molecular weight is 318 g/mol. The molecular formula is C18H38O4. The number of carbonyl (C=O) groups is 1. The van der Waals surface area contributed by atoms with E-state index in [2.05, 4.69) is 6.92 Å². The van der Waals surface area contributed by atoms with Crippen LogP contribution in [0.25, 0.3) is 0 Å².